The van der Waals surface area contributed by atoms with E-state index >= 15 is 0 Å². The van der Waals surface area contributed by atoms with Gasteiger partial charge in [0.1, 0.15) is 0 Å². The van der Waals surface area contributed by atoms with Crippen LogP contribution in [-0.2, 0) is 0 Å². The summed E-state index contributed by atoms with van der Waals surface area (Å²) < 4.78 is 0. The van der Waals surface area contributed by atoms with Crippen molar-refractivity contribution in [2.75, 3.05) is 0 Å². The van der Waals surface area contributed by atoms with Gasteiger partial charge in [0, 0.05) is 6.04 Å². The van der Waals surface area contributed by atoms with Crippen LogP contribution in [0, 0.1) is 0 Å². The van der Waals surface area contributed by atoms with Gasteiger partial charge in [-0.2, -0.15) is 0 Å². The quantitative estimate of drug-likeness (QED) is 0.805. The van der Waals surface area contributed by atoms with Crippen LogP contribution in [0.25, 0.3) is 6.08 Å². The van der Waals surface area contributed by atoms with Crippen LogP contribution in [-0.4, -0.2) is 6.04 Å². The topological polar surface area (TPSA) is 26.0 Å². The molecule has 0 aliphatic heterocycles. The highest BCUT2D eigenvalue weighted by molar-refractivity contribution is 6.42. The number of hydrogen-bond donors (Lipinski definition) is 1. The summed E-state index contributed by atoms with van der Waals surface area (Å²) in [5.74, 6) is 0. The van der Waals surface area contributed by atoms with Crippen LogP contribution in [0.1, 0.15) is 12.5 Å². The molecule has 2 N–H and O–H groups in total. The maximum absolute atomic E-state index is 5.95. The molecule has 0 fully saturated rings. The number of benzene rings is 1. The van der Waals surface area contributed by atoms with Gasteiger partial charge in [-0.15, -0.1) is 0 Å². The Bertz CT molecular complexity index is 319. The lowest BCUT2D eigenvalue weighted by atomic mass is 10.2. The highest BCUT2D eigenvalue weighted by Gasteiger charge is 2.00. The van der Waals surface area contributed by atoms with Gasteiger partial charge in [-0.3, -0.25) is 0 Å². The minimum absolute atomic E-state index is 0.0232. The molecular formula is C10H11Cl2N. The fraction of sp³-hybridized carbons (Fsp3) is 0.200. The third-order valence-corrected chi connectivity index (χ3v) is 2.39. The molecule has 3 heteroatoms. The van der Waals surface area contributed by atoms with E-state index in [9.17, 15) is 0 Å². The Morgan fingerprint density at radius 1 is 1.38 bits per heavy atom. The van der Waals surface area contributed by atoms with Crippen molar-refractivity contribution in [3.63, 3.8) is 0 Å². The predicted molar refractivity (Wildman–Crippen MR) is 59.1 cm³/mol. The normalized spacial score (nSPS) is 13.5. The lowest BCUT2D eigenvalue weighted by Gasteiger charge is -2.00. The summed E-state index contributed by atoms with van der Waals surface area (Å²) in [4.78, 5) is 0. The zero-order chi connectivity index (χ0) is 9.84. The Labute approximate surface area is 88.1 Å². The maximum Gasteiger partial charge on any atom is 0.0664 e. The molecule has 1 nitrogen and oxygen atoms in total. The first kappa shape index (κ1) is 10.6. The average Bonchev–Trinajstić information content (AvgIpc) is 2.07. The van der Waals surface area contributed by atoms with Crippen molar-refractivity contribution >= 4 is 29.3 Å². The molecule has 0 aliphatic carbocycles. The first-order chi connectivity index (χ1) is 6.11. The molecule has 1 atom stereocenters. The molecule has 0 aromatic heterocycles. The van der Waals surface area contributed by atoms with Crippen LogP contribution in [0.15, 0.2) is 24.3 Å². The van der Waals surface area contributed by atoms with E-state index in [4.69, 9.17) is 28.9 Å². The minimum atomic E-state index is 0.0232. The Morgan fingerprint density at radius 2 is 2.08 bits per heavy atom. The molecule has 0 bridgehead atoms. The second-order valence-electron chi connectivity index (χ2n) is 2.86. The summed E-state index contributed by atoms with van der Waals surface area (Å²) in [5, 5.41) is 1.13. The Hall–Kier alpha value is -0.500. The fourth-order valence-electron chi connectivity index (χ4n) is 0.905. The highest BCUT2D eigenvalue weighted by atomic mass is 35.5. The van der Waals surface area contributed by atoms with E-state index in [1.807, 2.05) is 31.2 Å². The van der Waals surface area contributed by atoms with Gasteiger partial charge in [-0.1, -0.05) is 47.5 Å². The molecule has 1 aromatic carbocycles. The molecule has 0 radical (unpaired) electrons. The van der Waals surface area contributed by atoms with E-state index in [-0.39, 0.29) is 6.04 Å². The molecule has 0 spiro atoms. The van der Waals surface area contributed by atoms with Crippen molar-refractivity contribution < 1.29 is 0 Å². The highest BCUT2D eigenvalue weighted by Crippen LogP contribution is 2.26. The molecular weight excluding hydrogens is 205 g/mol. The van der Waals surface area contributed by atoms with Gasteiger partial charge in [0.15, 0.2) is 0 Å². The predicted octanol–water partition coefficient (Wildman–Crippen LogP) is 3.35. The summed E-state index contributed by atoms with van der Waals surface area (Å²) in [6, 6.07) is 5.53. The van der Waals surface area contributed by atoms with E-state index < -0.39 is 0 Å². The summed E-state index contributed by atoms with van der Waals surface area (Å²) in [6.07, 6.45) is 3.75. The molecule has 1 aromatic rings. The van der Waals surface area contributed by atoms with Gasteiger partial charge in [-0.05, 0) is 18.6 Å². The van der Waals surface area contributed by atoms with Gasteiger partial charge in [0.25, 0.3) is 0 Å². The van der Waals surface area contributed by atoms with Gasteiger partial charge in [-0.25, -0.2) is 0 Å². The van der Waals surface area contributed by atoms with E-state index in [0.717, 1.165) is 5.56 Å². The van der Waals surface area contributed by atoms with Crippen molar-refractivity contribution in [2.45, 2.75) is 13.0 Å². The minimum Gasteiger partial charge on any atom is -0.325 e. The van der Waals surface area contributed by atoms with Crippen molar-refractivity contribution in [3.8, 4) is 0 Å². The zero-order valence-electron chi connectivity index (χ0n) is 7.30. The molecule has 70 valence electrons. The standard InChI is InChI=1S/C10H11Cl2N/c1-7(13)5-6-8-3-2-4-9(11)10(8)12/h2-7H,13H2,1H3/b6-5+. The Balaban J connectivity index is 2.95. The largest absolute Gasteiger partial charge is 0.325 e. The van der Waals surface area contributed by atoms with Crippen molar-refractivity contribution in [3.05, 3.63) is 39.9 Å². The van der Waals surface area contributed by atoms with Crippen molar-refractivity contribution in [2.24, 2.45) is 5.73 Å². The van der Waals surface area contributed by atoms with Gasteiger partial charge in [0.2, 0.25) is 0 Å². The second-order valence-corrected chi connectivity index (χ2v) is 3.65. The average molecular weight is 216 g/mol. The fourth-order valence-corrected chi connectivity index (χ4v) is 1.28. The number of halogens is 2. The summed E-state index contributed by atoms with van der Waals surface area (Å²) in [5.41, 5.74) is 6.46. The number of nitrogens with two attached hydrogens (primary N) is 1. The first-order valence-corrected chi connectivity index (χ1v) is 4.74. The second kappa shape index (κ2) is 4.66. The van der Waals surface area contributed by atoms with E-state index in [0.29, 0.717) is 10.0 Å². The van der Waals surface area contributed by atoms with Gasteiger partial charge >= 0.3 is 0 Å². The smallest absolute Gasteiger partial charge is 0.0664 e. The molecule has 1 unspecified atom stereocenters. The van der Waals surface area contributed by atoms with Gasteiger partial charge in [0.05, 0.1) is 10.0 Å². The van der Waals surface area contributed by atoms with Gasteiger partial charge < -0.3 is 5.73 Å². The van der Waals surface area contributed by atoms with Crippen molar-refractivity contribution in [1.82, 2.24) is 0 Å². The van der Waals surface area contributed by atoms with Crippen LogP contribution < -0.4 is 5.73 Å². The SMILES string of the molecule is CC(N)/C=C/c1cccc(Cl)c1Cl. The number of hydrogen-bond acceptors (Lipinski definition) is 1. The maximum atomic E-state index is 5.95. The monoisotopic (exact) mass is 215 g/mol. The lowest BCUT2D eigenvalue weighted by molar-refractivity contribution is 0.931. The van der Waals surface area contributed by atoms with Crippen LogP contribution in [0.4, 0.5) is 0 Å². The van der Waals surface area contributed by atoms with Crippen LogP contribution in [0.3, 0.4) is 0 Å². The molecule has 0 amide bonds. The first-order valence-electron chi connectivity index (χ1n) is 3.99. The van der Waals surface area contributed by atoms with Crippen LogP contribution in [0.2, 0.25) is 10.0 Å². The molecule has 1 rings (SSSR count). The molecule has 0 saturated carbocycles. The Kier molecular flexibility index (Phi) is 3.79. The molecule has 0 heterocycles. The molecule has 13 heavy (non-hydrogen) atoms. The van der Waals surface area contributed by atoms with Crippen LogP contribution in [0.5, 0.6) is 0 Å². The van der Waals surface area contributed by atoms with Crippen molar-refractivity contribution in [1.29, 1.82) is 0 Å². The number of rotatable bonds is 2. The molecule has 0 saturated heterocycles. The summed E-state index contributed by atoms with van der Waals surface area (Å²) >= 11 is 11.8. The lowest BCUT2D eigenvalue weighted by Crippen LogP contribution is -2.09. The summed E-state index contributed by atoms with van der Waals surface area (Å²) in [7, 11) is 0. The third-order valence-electron chi connectivity index (χ3n) is 1.56. The van der Waals surface area contributed by atoms with E-state index in [1.165, 1.54) is 0 Å². The zero-order valence-corrected chi connectivity index (χ0v) is 8.81. The van der Waals surface area contributed by atoms with E-state index in [1.54, 1.807) is 6.07 Å². The van der Waals surface area contributed by atoms with Crippen LogP contribution >= 0.6 is 23.2 Å². The Morgan fingerprint density at radius 3 is 2.69 bits per heavy atom. The third kappa shape index (κ3) is 3.03. The summed E-state index contributed by atoms with van der Waals surface area (Å²) in [6.45, 7) is 1.90. The molecule has 0 aliphatic rings. The van der Waals surface area contributed by atoms with E-state index in [2.05, 4.69) is 0 Å².